The number of benzene rings is 2. The third kappa shape index (κ3) is 2.68. The van der Waals surface area contributed by atoms with E-state index in [0.29, 0.717) is 16.8 Å². The molecule has 1 atom stereocenters. The van der Waals surface area contributed by atoms with Gasteiger partial charge in [-0.15, -0.1) is 0 Å². The maximum atomic E-state index is 8.60. The Hall–Kier alpha value is -3.12. The van der Waals surface area contributed by atoms with Crippen molar-refractivity contribution >= 4 is 27.6 Å². The molecule has 0 aliphatic carbocycles. The lowest BCUT2D eigenvalue weighted by Crippen LogP contribution is -2.35. The molecular formula is C25H25N2O+. The molecule has 2 heterocycles. The number of aromatic nitrogens is 1. The summed E-state index contributed by atoms with van der Waals surface area (Å²) in [5, 5.41) is 1.79. The van der Waals surface area contributed by atoms with Crippen LogP contribution in [0.4, 0.5) is 5.69 Å². The fourth-order valence-corrected chi connectivity index (χ4v) is 3.83. The van der Waals surface area contributed by atoms with Gasteiger partial charge in [-0.05, 0) is 48.6 Å². The first-order valence-corrected chi connectivity index (χ1v) is 9.22. The summed E-state index contributed by atoms with van der Waals surface area (Å²) in [6, 6.07) is 11.2. The van der Waals surface area contributed by atoms with Crippen LogP contribution in [0.25, 0.3) is 38.0 Å². The summed E-state index contributed by atoms with van der Waals surface area (Å²) in [5.41, 5.74) is 6.79. The monoisotopic (exact) mass is 373 g/mol. The molecule has 0 saturated heterocycles. The Balaban J connectivity index is 2.10. The van der Waals surface area contributed by atoms with Crippen molar-refractivity contribution in [3.63, 3.8) is 0 Å². The van der Waals surface area contributed by atoms with Crippen LogP contribution in [-0.2, 0) is 7.05 Å². The Labute approximate surface area is 171 Å². The van der Waals surface area contributed by atoms with E-state index >= 15 is 0 Å². The van der Waals surface area contributed by atoms with Crippen molar-refractivity contribution in [2.75, 3.05) is 0 Å². The molecule has 140 valence electrons. The second-order valence-electron chi connectivity index (χ2n) is 7.44. The van der Waals surface area contributed by atoms with E-state index in [1.165, 1.54) is 6.92 Å². The lowest BCUT2D eigenvalue weighted by Gasteiger charge is -2.11. The van der Waals surface area contributed by atoms with Gasteiger partial charge in [-0.1, -0.05) is 25.9 Å². The second kappa shape index (κ2) is 6.49. The summed E-state index contributed by atoms with van der Waals surface area (Å²) in [6.07, 6.45) is 0. The fourth-order valence-electron chi connectivity index (χ4n) is 3.83. The Morgan fingerprint density at radius 1 is 1.07 bits per heavy atom. The Morgan fingerprint density at radius 3 is 2.57 bits per heavy atom. The number of furan rings is 1. The number of rotatable bonds is 2. The first-order valence-electron chi connectivity index (χ1n) is 11.2. The van der Waals surface area contributed by atoms with Gasteiger partial charge >= 0.3 is 0 Å². The highest BCUT2D eigenvalue weighted by atomic mass is 16.3. The van der Waals surface area contributed by atoms with Gasteiger partial charge < -0.3 is 4.42 Å². The molecule has 0 fully saturated rings. The van der Waals surface area contributed by atoms with E-state index < -0.39 is 12.7 Å². The minimum absolute atomic E-state index is 0.432. The van der Waals surface area contributed by atoms with Gasteiger partial charge in [0.25, 0.3) is 0 Å². The molecule has 3 nitrogen and oxygen atoms in total. The predicted molar refractivity (Wildman–Crippen MR) is 115 cm³/mol. The van der Waals surface area contributed by atoms with E-state index in [1.807, 2.05) is 56.7 Å². The normalized spacial score (nSPS) is 16.1. The van der Waals surface area contributed by atoms with Crippen molar-refractivity contribution in [1.82, 2.24) is 0 Å². The Morgan fingerprint density at radius 2 is 1.86 bits per heavy atom. The molecule has 2 aromatic carbocycles. The molecule has 0 bridgehead atoms. The summed E-state index contributed by atoms with van der Waals surface area (Å²) in [4.78, 5) is 3.58. The van der Waals surface area contributed by atoms with E-state index in [-0.39, 0.29) is 0 Å². The smallest absolute Gasteiger partial charge is 0.216 e. The van der Waals surface area contributed by atoms with Gasteiger partial charge in [-0.2, -0.15) is 4.57 Å². The lowest BCUT2D eigenvalue weighted by molar-refractivity contribution is -0.666. The molecule has 28 heavy (non-hydrogen) atoms. The first kappa shape index (κ1) is 14.0. The largest absolute Gasteiger partial charge is 0.455 e. The number of pyridine rings is 1. The second-order valence-corrected chi connectivity index (χ2v) is 7.44. The summed E-state index contributed by atoms with van der Waals surface area (Å²) in [7, 11) is 1.92. The first-order chi connectivity index (χ1) is 14.9. The summed E-state index contributed by atoms with van der Waals surface area (Å²) < 4.78 is 40.6. The maximum Gasteiger partial charge on any atom is 0.216 e. The number of hydrogen-bond acceptors (Lipinski definition) is 1. The van der Waals surface area contributed by atoms with E-state index in [1.54, 1.807) is 12.1 Å². The topological polar surface area (TPSA) is 21.4 Å². The van der Waals surface area contributed by atoms with Gasteiger partial charge in [-0.25, -0.2) is 4.85 Å². The Kier molecular flexibility index (Phi) is 3.24. The van der Waals surface area contributed by atoms with Crippen LogP contribution >= 0.6 is 0 Å². The molecule has 4 aromatic rings. The fraction of sp³-hybridized carbons (Fsp3) is 0.280. The van der Waals surface area contributed by atoms with Gasteiger partial charge in [0.2, 0.25) is 5.69 Å². The van der Waals surface area contributed by atoms with Crippen molar-refractivity contribution in [1.29, 1.82) is 0 Å². The van der Waals surface area contributed by atoms with E-state index in [9.17, 15) is 0 Å². The van der Waals surface area contributed by atoms with E-state index in [2.05, 4.69) is 4.85 Å². The third-order valence-electron chi connectivity index (χ3n) is 5.48. The van der Waals surface area contributed by atoms with Crippen molar-refractivity contribution in [2.24, 2.45) is 7.05 Å². The lowest BCUT2D eigenvalue weighted by atomic mass is 9.96. The molecular weight excluding hydrogens is 344 g/mol. The number of fused-ring (bicyclic) bond motifs is 3. The predicted octanol–water partition coefficient (Wildman–Crippen LogP) is 6.68. The highest BCUT2D eigenvalue weighted by Gasteiger charge is 2.23. The number of aryl methyl sites for hydroxylation is 3. The molecule has 0 amide bonds. The maximum absolute atomic E-state index is 8.60. The number of hydrogen-bond donors (Lipinski definition) is 0. The molecule has 3 heteroatoms. The van der Waals surface area contributed by atoms with Crippen LogP contribution in [0.5, 0.6) is 0 Å². The zero-order chi connectivity index (χ0) is 23.6. The van der Waals surface area contributed by atoms with Gasteiger partial charge in [0.15, 0.2) is 11.4 Å². The van der Waals surface area contributed by atoms with Crippen LogP contribution in [0.15, 0.2) is 40.8 Å². The van der Waals surface area contributed by atoms with Gasteiger partial charge in [0, 0.05) is 35.3 Å². The molecule has 0 N–H and O–H groups in total. The van der Waals surface area contributed by atoms with Gasteiger partial charge in [-0.3, -0.25) is 0 Å². The molecule has 0 aliphatic heterocycles. The van der Waals surface area contributed by atoms with Crippen LogP contribution in [0.1, 0.15) is 47.5 Å². The number of nitrogens with zero attached hydrogens (tertiary/aromatic N) is 2. The van der Waals surface area contributed by atoms with E-state index in [4.69, 9.17) is 16.5 Å². The van der Waals surface area contributed by atoms with Crippen LogP contribution in [0.3, 0.4) is 0 Å². The summed E-state index contributed by atoms with van der Waals surface area (Å²) in [6.45, 7) is 12.2. The molecule has 2 aromatic heterocycles. The van der Waals surface area contributed by atoms with Crippen LogP contribution in [0.2, 0.25) is 0 Å². The van der Waals surface area contributed by atoms with Crippen molar-refractivity contribution < 1.29 is 14.5 Å². The zero-order valence-electron chi connectivity index (χ0n) is 20.8. The van der Waals surface area contributed by atoms with Gasteiger partial charge in [0.1, 0.15) is 18.2 Å². The minimum atomic E-state index is -2.47. The molecule has 4 rings (SSSR count). The van der Waals surface area contributed by atoms with Crippen LogP contribution in [-0.4, -0.2) is 0 Å². The Bertz CT molecular complexity index is 1440. The standard InChI is InChI=1S/C25H25N2O/c1-14(2)18-11-17(5)27(7)22(12-18)23-15(3)8-9-20-21-13-19(26-6)10-16(4)24(21)28-25(20)23/h8-14H,1-5,7H3/q+1/i1D3,14D. The van der Waals surface area contributed by atoms with Crippen LogP contribution < -0.4 is 4.57 Å². The van der Waals surface area contributed by atoms with Gasteiger partial charge in [0.05, 0.1) is 12.1 Å². The van der Waals surface area contributed by atoms with Crippen molar-refractivity contribution in [3.8, 4) is 11.3 Å². The average Bonchev–Trinajstić information content (AvgIpc) is 3.08. The SMILES string of the molecule is [2H]C([2H])([2H])C([2H])(C)c1cc(C)[n+](C)c(-c2c(C)ccc3c2oc2c(C)cc([N+]#[C-])cc23)c1. The van der Waals surface area contributed by atoms with Crippen molar-refractivity contribution in [2.45, 2.75) is 40.4 Å². The zero-order valence-corrected chi connectivity index (χ0v) is 16.8. The molecule has 0 aliphatic rings. The average molecular weight is 374 g/mol. The van der Waals surface area contributed by atoms with E-state index in [0.717, 1.165) is 44.4 Å². The van der Waals surface area contributed by atoms with Crippen LogP contribution in [0, 0.1) is 27.3 Å². The molecule has 1 unspecified atom stereocenters. The third-order valence-corrected chi connectivity index (χ3v) is 5.48. The highest BCUT2D eigenvalue weighted by molar-refractivity contribution is 6.11. The van der Waals surface area contributed by atoms with Crippen molar-refractivity contribution in [3.05, 3.63) is 70.2 Å². The summed E-state index contributed by atoms with van der Waals surface area (Å²) in [5.74, 6) is -1.75. The quantitative estimate of drug-likeness (QED) is 0.284. The molecule has 0 radical (unpaired) electrons. The molecule has 0 saturated carbocycles. The molecule has 0 spiro atoms. The summed E-state index contributed by atoms with van der Waals surface area (Å²) >= 11 is 0. The highest BCUT2D eigenvalue weighted by Crippen LogP contribution is 2.40. The minimum Gasteiger partial charge on any atom is -0.455 e.